The number of nitrogens with zero attached hydrogens (tertiary/aromatic N) is 1. The Morgan fingerprint density at radius 1 is 1.38 bits per heavy atom. The summed E-state index contributed by atoms with van der Waals surface area (Å²) in [6.45, 7) is 1.65. The number of nitrogens with one attached hydrogen (secondary N) is 1. The van der Waals surface area contributed by atoms with E-state index in [1.807, 2.05) is 0 Å². The Kier molecular flexibility index (Phi) is 4.17. The van der Waals surface area contributed by atoms with Crippen molar-refractivity contribution in [2.45, 2.75) is 13.3 Å². The van der Waals surface area contributed by atoms with Crippen LogP contribution in [0.2, 0.25) is 0 Å². The van der Waals surface area contributed by atoms with Gasteiger partial charge in [0.1, 0.15) is 5.92 Å². The van der Waals surface area contributed by atoms with Crippen molar-refractivity contribution < 1.29 is 18.6 Å². The van der Waals surface area contributed by atoms with Crippen molar-refractivity contribution >= 4 is 28.6 Å². The lowest BCUT2D eigenvalue weighted by atomic mass is 10.1. The summed E-state index contributed by atoms with van der Waals surface area (Å²) in [7, 11) is -0.945. The number of imide groups is 2. The van der Waals surface area contributed by atoms with Crippen LogP contribution in [-0.4, -0.2) is 45.5 Å². The quantitative estimate of drug-likeness (QED) is 0.676. The molecule has 7 heteroatoms. The van der Waals surface area contributed by atoms with Crippen LogP contribution in [0.25, 0.3) is 0 Å². The zero-order chi connectivity index (χ0) is 12.3. The first-order chi connectivity index (χ1) is 7.43. The standard InChI is InChI=1S/C9H14N2O4S/c1-6-7(12)10-9(14)11(8(6)13)4-3-5-16(2)15/h6H,3-5H2,1-2H3,(H,10,12,14). The highest BCUT2D eigenvalue weighted by atomic mass is 32.2. The first kappa shape index (κ1) is 12.8. The van der Waals surface area contributed by atoms with Crippen LogP contribution in [0, 0.1) is 5.92 Å². The van der Waals surface area contributed by atoms with Crippen molar-refractivity contribution in [2.75, 3.05) is 18.6 Å². The van der Waals surface area contributed by atoms with Crippen LogP contribution in [0.15, 0.2) is 0 Å². The second-order valence-electron chi connectivity index (χ2n) is 3.64. The maximum absolute atomic E-state index is 11.6. The summed E-state index contributed by atoms with van der Waals surface area (Å²) >= 11 is 0. The van der Waals surface area contributed by atoms with Gasteiger partial charge in [-0.15, -0.1) is 0 Å². The van der Waals surface area contributed by atoms with Crippen LogP contribution in [0.3, 0.4) is 0 Å². The average molecular weight is 246 g/mol. The molecule has 0 spiro atoms. The molecule has 2 unspecified atom stereocenters. The van der Waals surface area contributed by atoms with Crippen LogP contribution in [-0.2, 0) is 20.4 Å². The van der Waals surface area contributed by atoms with Crippen LogP contribution < -0.4 is 5.32 Å². The van der Waals surface area contributed by atoms with Crippen molar-refractivity contribution in [2.24, 2.45) is 5.92 Å². The Labute approximate surface area is 95.8 Å². The highest BCUT2D eigenvalue weighted by molar-refractivity contribution is 7.84. The van der Waals surface area contributed by atoms with Gasteiger partial charge < -0.3 is 0 Å². The van der Waals surface area contributed by atoms with Gasteiger partial charge in [-0.2, -0.15) is 0 Å². The summed E-state index contributed by atoms with van der Waals surface area (Å²) in [5.74, 6) is -1.45. The van der Waals surface area contributed by atoms with Gasteiger partial charge in [0.25, 0.3) is 0 Å². The molecule has 4 amide bonds. The van der Waals surface area contributed by atoms with E-state index >= 15 is 0 Å². The molecule has 1 saturated heterocycles. The van der Waals surface area contributed by atoms with Gasteiger partial charge in [-0.3, -0.25) is 24.0 Å². The molecule has 1 heterocycles. The third kappa shape index (κ3) is 2.88. The van der Waals surface area contributed by atoms with Crippen molar-refractivity contribution in [1.82, 2.24) is 10.2 Å². The van der Waals surface area contributed by atoms with E-state index in [-0.39, 0.29) is 6.54 Å². The third-order valence-corrected chi connectivity index (χ3v) is 3.18. The molecule has 0 bridgehead atoms. The number of urea groups is 1. The molecule has 0 aromatic carbocycles. The van der Waals surface area contributed by atoms with Crippen molar-refractivity contribution in [3.63, 3.8) is 0 Å². The molecular weight excluding hydrogens is 232 g/mol. The molecule has 90 valence electrons. The van der Waals surface area contributed by atoms with Crippen LogP contribution in [0.4, 0.5) is 4.79 Å². The lowest BCUT2D eigenvalue weighted by Gasteiger charge is -2.28. The first-order valence-corrected chi connectivity index (χ1v) is 6.62. The highest BCUT2D eigenvalue weighted by Crippen LogP contribution is 2.10. The minimum absolute atomic E-state index is 0.196. The number of amides is 4. The molecule has 0 aromatic rings. The summed E-state index contributed by atoms with van der Waals surface area (Å²) in [6, 6.07) is -0.685. The third-order valence-electron chi connectivity index (χ3n) is 2.32. The Balaban J connectivity index is 2.58. The zero-order valence-corrected chi connectivity index (χ0v) is 10.0. The van der Waals surface area contributed by atoms with Crippen LogP contribution >= 0.6 is 0 Å². The van der Waals surface area contributed by atoms with Crippen LogP contribution in [0.1, 0.15) is 13.3 Å². The van der Waals surface area contributed by atoms with Gasteiger partial charge in [-0.1, -0.05) is 0 Å². The Hall–Kier alpha value is -1.24. The lowest BCUT2D eigenvalue weighted by Crippen LogP contribution is -2.57. The number of hydrogen-bond donors (Lipinski definition) is 1. The fourth-order valence-corrected chi connectivity index (χ4v) is 1.90. The molecule has 1 aliphatic rings. The maximum atomic E-state index is 11.6. The van der Waals surface area contributed by atoms with E-state index in [0.29, 0.717) is 12.2 Å². The fourth-order valence-electron chi connectivity index (χ4n) is 1.36. The number of barbiturate groups is 1. The molecular formula is C9H14N2O4S. The van der Waals surface area contributed by atoms with Gasteiger partial charge >= 0.3 is 6.03 Å². The van der Waals surface area contributed by atoms with E-state index in [1.165, 1.54) is 6.92 Å². The molecule has 2 atom stereocenters. The normalized spacial score (nSPS) is 23.2. The van der Waals surface area contributed by atoms with Crippen molar-refractivity contribution in [1.29, 1.82) is 0 Å². The maximum Gasteiger partial charge on any atom is 0.330 e. The Bertz CT molecular complexity index is 355. The molecule has 1 fully saturated rings. The zero-order valence-electron chi connectivity index (χ0n) is 9.19. The van der Waals surface area contributed by atoms with Gasteiger partial charge in [0.15, 0.2) is 0 Å². The van der Waals surface area contributed by atoms with Gasteiger partial charge in [0, 0.05) is 29.4 Å². The van der Waals surface area contributed by atoms with Crippen molar-refractivity contribution in [3.05, 3.63) is 0 Å². The topological polar surface area (TPSA) is 83.6 Å². The SMILES string of the molecule is CC1C(=O)NC(=O)N(CCCS(C)=O)C1=O. The van der Waals surface area contributed by atoms with Gasteiger partial charge in [0.2, 0.25) is 11.8 Å². The molecule has 0 saturated carbocycles. The number of carbonyl (C=O) groups is 3. The predicted octanol–water partition coefficient (Wildman–Crippen LogP) is -0.530. The van der Waals surface area contributed by atoms with E-state index < -0.39 is 34.6 Å². The van der Waals surface area contributed by atoms with E-state index in [4.69, 9.17) is 0 Å². The van der Waals surface area contributed by atoms with E-state index in [1.54, 1.807) is 6.26 Å². The van der Waals surface area contributed by atoms with Gasteiger partial charge in [-0.05, 0) is 13.3 Å². The highest BCUT2D eigenvalue weighted by Gasteiger charge is 2.36. The summed E-state index contributed by atoms with van der Waals surface area (Å²) in [6.07, 6.45) is 2.04. The monoisotopic (exact) mass is 246 g/mol. The van der Waals surface area contributed by atoms with E-state index in [9.17, 15) is 18.6 Å². The van der Waals surface area contributed by atoms with Gasteiger partial charge in [0.05, 0.1) is 0 Å². The fraction of sp³-hybridized carbons (Fsp3) is 0.667. The van der Waals surface area contributed by atoms with Crippen LogP contribution in [0.5, 0.6) is 0 Å². The molecule has 0 aliphatic carbocycles. The number of hydrogen-bond acceptors (Lipinski definition) is 4. The number of carbonyl (C=O) groups excluding carboxylic acids is 3. The van der Waals surface area contributed by atoms with Gasteiger partial charge in [-0.25, -0.2) is 4.79 Å². The predicted molar refractivity (Wildman–Crippen MR) is 58.0 cm³/mol. The minimum Gasteiger partial charge on any atom is -0.277 e. The van der Waals surface area contributed by atoms with E-state index in [0.717, 1.165) is 4.90 Å². The average Bonchev–Trinajstić information content (AvgIpc) is 2.19. The molecule has 0 radical (unpaired) electrons. The smallest absolute Gasteiger partial charge is 0.277 e. The second kappa shape index (κ2) is 5.20. The lowest BCUT2D eigenvalue weighted by molar-refractivity contribution is -0.141. The first-order valence-electron chi connectivity index (χ1n) is 4.89. The largest absolute Gasteiger partial charge is 0.330 e. The molecule has 0 aromatic heterocycles. The molecule has 16 heavy (non-hydrogen) atoms. The Morgan fingerprint density at radius 2 is 2.00 bits per heavy atom. The summed E-state index contributed by atoms with van der Waals surface area (Å²) in [5.41, 5.74) is 0. The summed E-state index contributed by atoms with van der Waals surface area (Å²) in [4.78, 5) is 35.0. The summed E-state index contributed by atoms with van der Waals surface area (Å²) < 4.78 is 10.8. The molecule has 1 rings (SSSR count). The van der Waals surface area contributed by atoms with E-state index in [2.05, 4.69) is 5.32 Å². The molecule has 1 aliphatic heterocycles. The summed E-state index contributed by atoms with van der Waals surface area (Å²) in [5, 5.41) is 2.10. The Morgan fingerprint density at radius 3 is 2.56 bits per heavy atom. The molecule has 1 N–H and O–H groups in total. The minimum atomic E-state index is -0.945. The number of rotatable bonds is 4. The molecule has 6 nitrogen and oxygen atoms in total. The van der Waals surface area contributed by atoms with Crippen molar-refractivity contribution in [3.8, 4) is 0 Å². The second-order valence-corrected chi connectivity index (χ2v) is 5.19.